The highest BCUT2D eigenvalue weighted by Crippen LogP contribution is 2.33. The van der Waals surface area contributed by atoms with Crippen molar-refractivity contribution in [1.29, 1.82) is 0 Å². The number of nitrogens with one attached hydrogen (secondary N) is 1. The van der Waals surface area contributed by atoms with Gasteiger partial charge >= 0.3 is 5.63 Å². The van der Waals surface area contributed by atoms with E-state index >= 15 is 0 Å². The molecule has 31 heavy (non-hydrogen) atoms. The van der Waals surface area contributed by atoms with Gasteiger partial charge in [0.2, 0.25) is 12.6 Å². The lowest BCUT2D eigenvalue weighted by atomic mass is 9.97. The summed E-state index contributed by atoms with van der Waals surface area (Å²) in [6.07, 6.45) is 0. The lowest BCUT2D eigenvalue weighted by Gasteiger charge is -2.12. The van der Waals surface area contributed by atoms with E-state index in [-0.39, 0.29) is 19.1 Å². The number of hydrogen-bond donors (Lipinski definition) is 1. The van der Waals surface area contributed by atoms with Gasteiger partial charge in [-0.15, -0.1) is 0 Å². The molecule has 0 fully saturated rings. The summed E-state index contributed by atoms with van der Waals surface area (Å²) in [4.78, 5) is 25.7. The van der Waals surface area contributed by atoms with Gasteiger partial charge < -0.3 is 19.2 Å². The first-order valence-corrected chi connectivity index (χ1v) is 9.90. The highest BCUT2D eigenvalue weighted by atomic mass is 16.7. The number of fused-ring (bicyclic) bond motifs is 2. The molecule has 5 rings (SSSR count). The molecule has 0 bridgehead atoms. The van der Waals surface area contributed by atoms with E-state index in [9.17, 15) is 9.59 Å². The van der Waals surface area contributed by atoms with Gasteiger partial charge in [0.05, 0.1) is 5.39 Å². The van der Waals surface area contributed by atoms with Crippen LogP contribution in [0.5, 0.6) is 11.5 Å². The summed E-state index contributed by atoms with van der Waals surface area (Å²) >= 11 is 0. The Hall–Kier alpha value is -4.06. The molecule has 1 aliphatic rings. The third-order valence-corrected chi connectivity index (χ3v) is 5.27. The van der Waals surface area contributed by atoms with Crippen molar-refractivity contribution in [2.45, 2.75) is 13.5 Å². The van der Waals surface area contributed by atoms with Gasteiger partial charge in [-0.25, -0.2) is 4.79 Å². The minimum Gasteiger partial charge on any atom is -0.454 e. The molecule has 0 saturated carbocycles. The zero-order valence-electron chi connectivity index (χ0n) is 16.8. The number of benzene rings is 3. The van der Waals surface area contributed by atoms with E-state index in [1.807, 2.05) is 55.5 Å². The molecule has 6 nitrogen and oxygen atoms in total. The van der Waals surface area contributed by atoms with Crippen molar-refractivity contribution >= 4 is 16.7 Å². The molecule has 0 unspecified atom stereocenters. The summed E-state index contributed by atoms with van der Waals surface area (Å²) < 4.78 is 16.2. The Morgan fingerprint density at radius 2 is 1.68 bits per heavy atom. The lowest BCUT2D eigenvalue weighted by molar-refractivity contribution is 0.0920. The highest BCUT2D eigenvalue weighted by Gasteiger charge is 2.21. The van der Waals surface area contributed by atoms with Crippen LogP contribution in [0, 0.1) is 6.92 Å². The van der Waals surface area contributed by atoms with Crippen molar-refractivity contribution in [3.05, 3.63) is 94.0 Å². The van der Waals surface area contributed by atoms with Crippen LogP contribution in [-0.4, -0.2) is 12.7 Å². The van der Waals surface area contributed by atoms with Crippen molar-refractivity contribution in [2.75, 3.05) is 6.79 Å². The van der Waals surface area contributed by atoms with Crippen LogP contribution >= 0.6 is 0 Å². The minimum absolute atomic E-state index is 0.00621. The fourth-order valence-corrected chi connectivity index (χ4v) is 3.68. The van der Waals surface area contributed by atoms with Crippen LogP contribution in [0.3, 0.4) is 0 Å². The molecule has 0 saturated heterocycles. The second kappa shape index (κ2) is 7.65. The topological polar surface area (TPSA) is 77.8 Å². The predicted molar refractivity (Wildman–Crippen MR) is 116 cm³/mol. The molecule has 4 aromatic rings. The maximum absolute atomic E-state index is 13.1. The summed E-state index contributed by atoms with van der Waals surface area (Å²) in [7, 11) is 0. The number of hydrogen-bond acceptors (Lipinski definition) is 5. The van der Waals surface area contributed by atoms with Crippen LogP contribution in [0.15, 0.2) is 75.9 Å². The van der Waals surface area contributed by atoms with Crippen molar-refractivity contribution < 1.29 is 18.7 Å². The molecule has 2 heterocycles. The van der Waals surface area contributed by atoms with Gasteiger partial charge in [0.25, 0.3) is 5.91 Å². The Bertz CT molecular complexity index is 1350. The van der Waals surface area contributed by atoms with E-state index in [0.29, 0.717) is 27.8 Å². The Labute approximate surface area is 178 Å². The first-order chi connectivity index (χ1) is 15.1. The molecular formula is C25H19NO5. The van der Waals surface area contributed by atoms with Crippen molar-refractivity contribution in [3.8, 4) is 22.6 Å². The Kier molecular flexibility index (Phi) is 4.67. The molecular weight excluding hydrogens is 394 g/mol. The van der Waals surface area contributed by atoms with Crippen LogP contribution in [-0.2, 0) is 6.54 Å². The molecule has 0 atom stereocenters. The maximum atomic E-state index is 13.1. The van der Waals surface area contributed by atoms with Crippen LogP contribution in [0.25, 0.3) is 21.9 Å². The number of aryl methyl sites for hydroxylation is 1. The second-order valence-corrected chi connectivity index (χ2v) is 7.38. The van der Waals surface area contributed by atoms with Crippen LogP contribution in [0.4, 0.5) is 0 Å². The van der Waals surface area contributed by atoms with Gasteiger partial charge in [0, 0.05) is 17.5 Å². The molecule has 6 heteroatoms. The monoisotopic (exact) mass is 413 g/mol. The van der Waals surface area contributed by atoms with Gasteiger partial charge in [-0.1, -0.05) is 54.1 Å². The first-order valence-electron chi connectivity index (χ1n) is 9.90. The number of rotatable bonds is 4. The van der Waals surface area contributed by atoms with Crippen molar-refractivity contribution in [3.63, 3.8) is 0 Å². The second-order valence-electron chi connectivity index (χ2n) is 7.38. The number of carbonyl (C=O) groups excluding carboxylic acids is 1. The van der Waals surface area contributed by atoms with Crippen LogP contribution in [0.2, 0.25) is 0 Å². The Balaban J connectivity index is 1.54. The quantitative estimate of drug-likeness (QED) is 0.536. The molecule has 0 aliphatic carbocycles. The Morgan fingerprint density at radius 1 is 0.935 bits per heavy atom. The fraction of sp³-hybridized carbons (Fsp3) is 0.120. The largest absolute Gasteiger partial charge is 0.454 e. The third-order valence-electron chi connectivity index (χ3n) is 5.27. The molecule has 1 amide bonds. The van der Waals surface area contributed by atoms with Crippen LogP contribution < -0.4 is 20.4 Å². The normalized spacial score (nSPS) is 12.2. The number of carbonyl (C=O) groups is 1. The predicted octanol–water partition coefficient (Wildman–Crippen LogP) is 4.43. The Morgan fingerprint density at radius 3 is 2.48 bits per heavy atom. The minimum atomic E-state index is -0.542. The zero-order valence-corrected chi connectivity index (χ0v) is 16.8. The molecule has 0 radical (unpaired) electrons. The smallest absolute Gasteiger partial charge is 0.344 e. The zero-order chi connectivity index (χ0) is 21.4. The molecule has 0 spiro atoms. The van der Waals surface area contributed by atoms with Crippen LogP contribution in [0.1, 0.15) is 21.7 Å². The average Bonchev–Trinajstić information content (AvgIpc) is 3.26. The van der Waals surface area contributed by atoms with Gasteiger partial charge in [-0.05, 0) is 36.2 Å². The van der Waals surface area contributed by atoms with E-state index in [2.05, 4.69) is 5.32 Å². The fourth-order valence-electron chi connectivity index (χ4n) is 3.68. The SMILES string of the molecule is Cc1ccc(-c2c(C(=O)NCc3ccc4c(c3)OCO4)oc(=O)c3ccccc23)cc1. The van der Waals surface area contributed by atoms with Gasteiger partial charge in [0.15, 0.2) is 11.5 Å². The van der Waals surface area contributed by atoms with E-state index in [4.69, 9.17) is 13.9 Å². The van der Waals surface area contributed by atoms with Gasteiger partial charge in [-0.2, -0.15) is 0 Å². The van der Waals surface area contributed by atoms with Gasteiger partial charge in [0.1, 0.15) is 0 Å². The molecule has 1 aliphatic heterocycles. The van der Waals surface area contributed by atoms with E-state index < -0.39 is 11.5 Å². The van der Waals surface area contributed by atoms with Crippen molar-refractivity contribution in [2.24, 2.45) is 0 Å². The molecule has 1 aromatic heterocycles. The lowest BCUT2D eigenvalue weighted by Crippen LogP contribution is -2.25. The summed E-state index contributed by atoms with van der Waals surface area (Å²) in [5, 5.41) is 3.96. The standard InChI is InChI=1S/C25H19NO5/c1-15-6-9-17(10-7-15)22-18-4-2-3-5-19(18)25(28)31-23(22)24(27)26-13-16-8-11-20-21(12-16)30-14-29-20/h2-12H,13-14H2,1H3,(H,26,27). The molecule has 154 valence electrons. The third kappa shape index (κ3) is 3.53. The van der Waals surface area contributed by atoms with E-state index in [1.54, 1.807) is 18.2 Å². The molecule has 3 aromatic carbocycles. The van der Waals surface area contributed by atoms with Gasteiger partial charge in [-0.3, -0.25) is 4.79 Å². The van der Waals surface area contributed by atoms with Crippen molar-refractivity contribution in [1.82, 2.24) is 5.32 Å². The van der Waals surface area contributed by atoms with E-state index in [0.717, 1.165) is 16.7 Å². The molecule has 1 N–H and O–H groups in total. The first kappa shape index (κ1) is 18.9. The number of ether oxygens (including phenoxy) is 2. The van der Waals surface area contributed by atoms with E-state index in [1.165, 1.54) is 0 Å². The highest BCUT2D eigenvalue weighted by molar-refractivity contribution is 6.07. The average molecular weight is 413 g/mol. The summed E-state index contributed by atoms with van der Waals surface area (Å²) in [6.45, 7) is 2.43. The summed E-state index contributed by atoms with van der Waals surface area (Å²) in [5.41, 5.74) is 2.80. The number of amides is 1. The maximum Gasteiger partial charge on any atom is 0.344 e. The summed E-state index contributed by atoms with van der Waals surface area (Å²) in [5.74, 6) is 0.853. The summed E-state index contributed by atoms with van der Waals surface area (Å²) in [6, 6.07) is 20.4.